The molecule has 0 saturated carbocycles. The van der Waals surface area contributed by atoms with Crippen LogP contribution in [0.15, 0.2) is 24.3 Å². The van der Waals surface area contributed by atoms with Crippen LogP contribution in [-0.2, 0) is 10.8 Å². The van der Waals surface area contributed by atoms with Gasteiger partial charge in [-0.1, -0.05) is 78.3 Å². The number of nitrogens with zero attached hydrogens (tertiary/aromatic N) is 1. The number of hydrogen-bond donors (Lipinski definition) is 1. The number of fused-ring (bicyclic) bond motifs is 1. The number of aromatic nitrogens is 1. The SMILES string of the molecule is Cc1ccc(C(O)c2c(C(C)C)nc3c(c2I)C(O[Si](C)(C)C(C)(C)C)CC(C)(C)C3)cc1. The van der Waals surface area contributed by atoms with E-state index in [1.54, 1.807) is 0 Å². The fourth-order valence-electron chi connectivity index (χ4n) is 4.49. The van der Waals surface area contributed by atoms with Gasteiger partial charge in [0.05, 0.1) is 11.8 Å². The van der Waals surface area contributed by atoms with E-state index >= 15 is 0 Å². The zero-order valence-electron chi connectivity index (χ0n) is 22.1. The van der Waals surface area contributed by atoms with E-state index in [1.807, 2.05) is 12.1 Å². The average Bonchev–Trinajstić information content (AvgIpc) is 2.65. The third-order valence-corrected chi connectivity index (χ3v) is 13.1. The first-order valence-corrected chi connectivity index (χ1v) is 16.2. The summed E-state index contributed by atoms with van der Waals surface area (Å²) in [6.45, 7) is 22.6. The molecule has 1 aromatic heterocycles. The molecule has 0 amide bonds. The highest BCUT2D eigenvalue weighted by molar-refractivity contribution is 14.1. The van der Waals surface area contributed by atoms with Gasteiger partial charge in [0.25, 0.3) is 0 Å². The molecule has 2 unspecified atom stereocenters. The Hall–Kier alpha value is -0.763. The number of aliphatic hydroxyl groups excluding tert-OH is 1. The summed E-state index contributed by atoms with van der Waals surface area (Å²) < 4.78 is 8.19. The van der Waals surface area contributed by atoms with Crippen molar-refractivity contribution in [3.05, 3.63) is 61.5 Å². The van der Waals surface area contributed by atoms with Crippen LogP contribution in [0.5, 0.6) is 0 Å². The maximum Gasteiger partial charge on any atom is 0.192 e. The van der Waals surface area contributed by atoms with E-state index in [1.165, 1.54) is 11.1 Å². The molecule has 182 valence electrons. The maximum atomic E-state index is 11.6. The van der Waals surface area contributed by atoms with Gasteiger partial charge >= 0.3 is 0 Å². The molecular weight excluding hydrogens is 537 g/mol. The first-order valence-electron chi connectivity index (χ1n) is 12.2. The lowest BCUT2D eigenvalue weighted by Gasteiger charge is -2.44. The van der Waals surface area contributed by atoms with Crippen molar-refractivity contribution in [2.45, 2.75) is 104 Å². The van der Waals surface area contributed by atoms with Crippen LogP contribution in [0, 0.1) is 15.9 Å². The van der Waals surface area contributed by atoms with Gasteiger partial charge in [-0.2, -0.15) is 0 Å². The quantitative estimate of drug-likeness (QED) is 0.287. The molecular formula is C28H42INO2Si. The van der Waals surface area contributed by atoms with Crippen LogP contribution in [0.3, 0.4) is 0 Å². The molecule has 1 heterocycles. The summed E-state index contributed by atoms with van der Waals surface area (Å²) in [6.07, 6.45) is 1.23. The Morgan fingerprint density at radius 3 is 2.24 bits per heavy atom. The van der Waals surface area contributed by atoms with E-state index in [0.717, 1.165) is 38.9 Å². The van der Waals surface area contributed by atoms with Crippen LogP contribution < -0.4 is 0 Å². The Morgan fingerprint density at radius 2 is 1.73 bits per heavy atom. The fourth-order valence-corrected chi connectivity index (χ4v) is 6.99. The standard InChI is InChI=1S/C28H42INO2Si/c1-17(2)25-23(26(31)19-13-11-18(3)12-14-19)24(29)22-20(30-25)15-28(7,8)16-21(22)32-33(9,10)27(4,5)6/h11-14,17,21,26,31H,15-16H2,1-10H3. The first kappa shape index (κ1) is 26.8. The van der Waals surface area contributed by atoms with Crippen molar-refractivity contribution in [2.75, 3.05) is 0 Å². The molecule has 5 heteroatoms. The molecule has 1 aromatic carbocycles. The normalized spacial score (nSPS) is 19.5. The second-order valence-corrected chi connectivity index (χ2v) is 18.3. The zero-order chi connectivity index (χ0) is 24.9. The van der Waals surface area contributed by atoms with Gasteiger partial charge in [0, 0.05) is 20.4 Å². The van der Waals surface area contributed by atoms with Crippen LogP contribution >= 0.6 is 22.6 Å². The van der Waals surface area contributed by atoms with Gasteiger partial charge in [0.2, 0.25) is 0 Å². The van der Waals surface area contributed by atoms with Gasteiger partial charge < -0.3 is 9.53 Å². The van der Waals surface area contributed by atoms with Crippen molar-refractivity contribution in [3.8, 4) is 0 Å². The van der Waals surface area contributed by atoms with Gasteiger partial charge in [-0.05, 0) is 77.4 Å². The summed E-state index contributed by atoms with van der Waals surface area (Å²) in [5.41, 5.74) is 6.57. The van der Waals surface area contributed by atoms with Crippen molar-refractivity contribution < 1.29 is 9.53 Å². The molecule has 33 heavy (non-hydrogen) atoms. The van der Waals surface area contributed by atoms with Crippen LogP contribution in [0.2, 0.25) is 18.1 Å². The smallest absolute Gasteiger partial charge is 0.192 e. The summed E-state index contributed by atoms with van der Waals surface area (Å²) in [5.74, 6) is 0.226. The molecule has 0 bridgehead atoms. The van der Waals surface area contributed by atoms with Gasteiger partial charge in [0.1, 0.15) is 6.10 Å². The van der Waals surface area contributed by atoms with Gasteiger partial charge in [0.15, 0.2) is 8.32 Å². The Kier molecular flexibility index (Phi) is 7.61. The highest BCUT2D eigenvalue weighted by Crippen LogP contribution is 2.50. The molecule has 2 aromatic rings. The highest BCUT2D eigenvalue weighted by Gasteiger charge is 2.44. The lowest BCUT2D eigenvalue weighted by molar-refractivity contribution is 0.104. The number of aliphatic hydroxyl groups is 1. The Morgan fingerprint density at radius 1 is 1.15 bits per heavy atom. The molecule has 0 aliphatic heterocycles. The minimum atomic E-state index is -1.99. The number of halogens is 1. The van der Waals surface area contributed by atoms with Crippen LogP contribution in [0.25, 0.3) is 0 Å². The summed E-state index contributed by atoms with van der Waals surface area (Å²) in [6, 6.07) is 8.20. The number of hydrogen-bond acceptors (Lipinski definition) is 3. The monoisotopic (exact) mass is 579 g/mol. The Balaban J connectivity index is 2.21. The lowest BCUT2D eigenvalue weighted by Crippen LogP contribution is -2.44. The second-order valence-electron chi connectivity index (χ2n) is 12.5. The van der Waals surface area contributed by atoms with Crippen molar-refractivity contribution in [2.24, 2.45) is 5.41 Å². The van der Waals surface area contributed by atoms with Gasteiger partial charge in [-0.25, -0.2) is 0 Å². The van der Waals surface area contributed by atoms with E-state index < -0.39 is 14.4 Å². The maximum absolute atomic E-state index is 11.6. The predicted molar refractivity (Wildman–Crippen MR) is 149 cm³/mol. The molecule has 0 fully saturated rings. The summed E-state index contributed by atoms with van der Waals surface area (Å²) >= 11 is 2.47. The molecule has 3 rings (SSSR count). The molecule has 0 radical (unpaired) electrons. The number of aryl methyl sites for hydroxylation is 1. The van der Waals surface area contributed by atoms with Crippen LogP contribution in [0.4, 0.5) is 0 Å². The molecule has 0 saturated heterocycles. The van der Waals surface area contributed by atoms with Crippen LogP contribution in [-0.4, -0.2) is 18.4 Å². The number of pyridine rings is 1. The van der Waals surface area contributed by atoms with Gasteiger partial charge in [-0.15, -0.1) is 0 Å². The van der Waals surface area contributed by atoms with Crippen molar-refractivity contribution in [1.29, 1.82) is 0 Å². The van der Waals surface area contributed by atoms with E-state index in [-0.39, 0.29) is 22.5 Å². The molecule has 1 aliphatic carbocycles. The summed E-state index contributed by atoms with van der Waals surface area (Å²) in [4.78, 5) is 5.25. The zero-order valence-corrected chi connectivity index (χ0v) is 25.3. The molecule has 1 aliphatic rings. The fraction of sp³-hybridized carbons (Fsp3) is 0.607. The molecule has 3 nitrogen and oxygen atoms in total. The summed E-state index contributed by atoms with van der Waals surface area (Å²) in [7, 11) is -1.99. The van der Waals surface area contributed by atoms with Crippen molar-refractivity contribution >= 4 is 30.9 Å². The van der Waals surface area contributed by atoms with Gasteiger partial charge in [-0.3, -0.25) is 4.98 Å². The minimum absolute atomic E-state index is 0.00854. The molecule has 0 spiro atoms. The van der Waals surface area contributed by atoms with Crippen LogP contribution in [0.1, 0.15) is 107 Å². The largest absolute Gasteiger partial charge is 0.410 e. The Labute approximate surface area is 216 Å². The van der Waals surface area contributed by atoms with E-state index in [9.17, 15) is 5.11 Å². The Bertz CT molecular complexity index is 1010. The summed E-state index contributed by atoms with van der Waals surface area (Å²) in [5, 5.41) is 11.7. The molecule has 1 N–H and O–H groups in total. The van der Waals surface area contributed by atoms with Crippen molar-refractivity contribution in [3.63, 3.8) is 0 Å². The third-order valence-electron chi connectivity index (χ3n) is 7.48. The average molecular weight is 580 g/mol. The predicted octanol–water partition coefficient (Wildman–Crippen LogP) is 8.24. The lowest BCUT2D eigenvalue weighted by atomic mass is 9.74. The van der Waals surface area contributed by atoms with E-state index in [0.29, 0.717) is 0 Å². The van der Waals surface area contributed by atoms with E-state index in [4.69, 9.17) is 9.41 Å². The number of benzene rings is 1. The van der Waals surface area contributed by atoms with Crippen molar-refractivity contribution in [1.82, 2.24) is 4.98 Å². The minimum Gasteiger partial charge on any atom is -0.410 e. The number of rotatable bonds is 5. The first-order chi connectivity index (χ1) is 15.0. The third kappa shape index (κ3) is 5.57. The second kappa shape index (κ2) is 9.36. The highest BCUT2D eigenvalue weighted by atomic mass is 127. The van der Waals surface area contributed by atoms with E-state index in [2.05, 4.69) is 103 Å². The molecule has 2 atom stereocenters. The topological polar surface area (TPSA) is 42.4 Å².